The van der Waals surface area contributed by atoms with E-state index in [2.05, 4.69) is 20.5 Å². The van der Waals surface area contributed by atoms with Gasteiger partial charge in [-0.05, 0) is 19.8 Å². The molecule has 1 saturated carbocycles. The molecule has 0 saturated heterocycles. The molecule has 0 aliphatic heterocycles. The number of fused-ring (bicyclic) bond motifs is 1. The first kappa shape index (κ1) is 13.3. The van der Waals surface area contributed by atoms with Crippen molar-refractivity contribution < 1.29 is 5.11 Å². The number of hydrogen-bond acceptors (Lipinski definition) is 5. The van der Waals surface area contributed by atoms with Crippen LogP contribution in [0.3, 0.4) is 0 Å². The fourth-order valence-corrected chi connectivity index (χ4v) is 3.03. The van der Waals surface area contributed by atoms with E-state index in [4.69, 9.17) is 0 Å². The molecule has 20 heavy (non-hydrogen) atoms. The molecular formula is C14H21N5O. The van der Waals surface area contributed by atoms with Gasteiger partial charge >= 0.3 is 0 Å². The Morgan fingerprint density at radius 3 is 2.85 bits per heavy atom. The van der Waals surface area contributed by atoms with Crippen LogP contribution in [-0.2, 0) is 0 Å². The summed E-state index contributed by atoms with van der Waals surface area (Å²) in [6.07, 6.45) is 9.43. The Labute approximate surface area is 118 Å². The molecule has 0 unspecified atom stereocenters. The Morgan fingerprint density at radius 1 is 1.30 bits per heavy atom. The van der Waals surface area contributed by atoms with Crippen LogP contribution in [-0.4, -0.2) is 37.8 Å². The molecule has 2 N–H and O–H groups in total. The van der Waals surface area contributed by atoms with Gasteiger partial charge in [0.2, 0.25) is 5.65 Å². The first-order valence-electron chi connectivity index (χ1n) is 7.25. The van der Waals surface area contributed by atoms with E-state index in [0.29, 0.717) is 0 Å². The minimum Gasteiger partial charge on any atom is -0.396 e. The summed E-state index contributed by atoms with van der Waals surface area (Å²) in [6.45, 7) is 2.89. The zero-order valence-electron chi connectivity index (χ0n) is 11.8. The van der Waals surface area contributed by atoms with Gasteiger partial charge in [-0.1, -0.05) is 19.3 Å². The highest BCUT2D eigenvalue weighted by Gasteiger charge is 2.31. The van der Waals surface area contributed by atoms with Crippen LogP contribution >= 0.6 is 0 Å². The van der Waals surface area contributed by atoms with Crippen LogP contribution in [0.2, 0.25) is 0 Å². The molecule has 3 rings (SSSR count). The van der Waals surface area contributed by atoms with Gasteiger partial charge in [0.1, 0.15) is 5.82 Å². The Kier molecular flexibility index (Phi) is 3.56. The molecule has 1 aliphatic carbocycles. The average Bonchev–Trinajstić information content (AvgIpc) is 2.88. The lowest BCUT2D eigenvalue weighted by Gasteiger charge is -2.35. The highest BCUT2D eigenvalue weighted by molar-refractivity contribution is 5.62. The summed E-state index contributed by atoms with van der Waals surface area (Å²) in [5.41, 5.74) is 0.732. The van der Waals surface area contributed by atoms with Crippen LogP contribution in [0.4, 0.5) is 5.82 Å². The third kappa shape index (κ3) is 2.35. The summed E-state index contributed by atoms with van der Waals surface area (Å²) < 4.78 is 1.92. The summed E-state index contributed by atoms with van der Waals surface area (Å²) in [5, 5.41) is 21.3. The molecule has 6 nitrogen and oxygen atoms in total. The summed E-state index contributed by atoms with van der Waals surface area (Å²) in [6, 6.07) is 0. The number of hydrogen-bond donors (Lipinski definition) is 2. The summed E-state index contributed by atoms with van der Waals surface area (Å²) in [7, 11) is 0. The van der Waals surface area contributed by atoms with E-state index in [1.54, 1.807) is 6.20 Å². The van der Waals surface area contributed by atoms with Gasteiger partial charge in [-0.25, -0.2) is 4.98 Å². The zero-order valence-corrected chi connectivity index (χ0v) is 11.8. The SMILES string of the molecule is Cc1nnc2c(NCC3(CO)CCCCC3)nccn12. The van der Waals surface area contributed by atoms with Crippen LogP contribution in [0, 0.1) is 12.3 Å². The molecule has 2 aromatic heterocycles. The number of aliphatic hydroxyl groups is 1. The van der Waals surface area contributed by atoms with Crippen molar-refractivity contribution in [2.24, 2.45) is 5.41 Å². The van der Waals surface area contributed by atoms with Crippen molar-refractivity contribution in [3.63, 3.8) is 0 Å². The number of aromatic nitrogens is 4. The highest BCUT2D eigenvalue weighted by Crippen LogP contribution is 2.36. The van der Waals surface area contributed by atoms with Crippen molar-refractivity contribution in [1.82, 2.24) is 19.6 Å². The van der Waals surface area contributed by atoms with Crippen LogP contribution in [0.5, 0.6) is 0 Å². The number of anilines is 1. The van der Waals surface area contributed by atoms with Crippen LogP contribution in [0.1, 0.15) is 37.9 Å². The molecule has 0 radical (unpaired) electrons. The first-order valence-corrected chi connectivity index (χ1v) is 7.25. The molecule has 0 bridgehead atoms. The second kappa shape index (κ2) is 5.36. The van der Waals surface area contributed by atoms with E-state index in [-0.39, 0.29) is 12.0 Å². The van der Waals surface area contributed by atoms with Crippen LogP contribution < -0.4 is 5.32 Å². The van der Waals surface area contributed by atoms with Crippen LogP contribution in [0.15, 0.2) is 12.4 Å². The van der Waals surface area contributed by atoms with E-state index < -0.39 is 0 Å². The van der Waals surface area contributed by atoms with E-state index in [0.717, 1.165) is 36.7 Å². The summed E-state index contributed by atoms with van der Waals surface area (Å²) >= 11 is 0. The fraction of sp³-hybridized carbons (Fsp3) is 0.643. The first-order chi connectivity index (χ1) is 9.74. The second-order valence-corrected chi connectivity index (χ2v) is 5.79. The molecular weight excluding hydrogens is 254 g/mol. The predicted octanol–water partition coefficient (Wildman–Crippen LogP) is 1.79. The van der Waals surface area contributed by atoms with Gasteiger partial charge in [-0.2, -0.15) is 0 Å². The Bertz CT molecular complexity index is 588. The highest BCUT2D eigenvalue weighted by atomic mass is 16.3. The molecule has 0 atom stereocenters. The number of aryl methyl sites for hydroxylation is 1. The van der Waals surface area contributed by atoms with Crippen molar-refractivity contribution >= 4 is 11.5 Å². The summed E-state index contributed by atoms with van der Waals surface area (Å²) in [4.78, 5) is 4.35. The Balaban J connectivity index is 1.79. The quantitative estimate of drug-likeness (QED) is 0.889. The van der Waals surface area contributed by atoms with Crippen molar-refractivity contribution in [3.8, 4) is 0 Å². The van der Waals surface area contributed by atoms with Gasteiger partial charge in [0, 0.05) is 24.4 Å². The maximum atomic E-state index is 9.74. The number of aliphatic hydroxyl groups excluding tert-OH is 1. The third-order valence-corrected chi connectivity index (χ3v) is 4.38. The van der Waals surface area contributed by atoms with Crippen molar-refractivity contribution in [2.45, 2.75) is 39.0 Å². The normalized spacial score (nSPS) is 18.3. The molecule has 1 fully saturated rings. The summed E-state index contributed by atoms with van der Waals surface area (Å²) in [5.74, 6) is 1.59. The molecule has 108 valence electrons. The minimum absolute atomic E-state index is 0.0121. The lowest BCUT2D eigenvalue weighted by molar-refractivity contribution is 0.0943. The predicted molar refractivity (Wildman–Crippen MR) is 76.6 cm³/mol. The van der Waals surface area contributed by atoms with Crippen molar-refractivity contribution in [1.29, 1.82) is 0 Å². The molecule has 0 aromatic carbocycles. The van der Waals surface area contributed by atoms with Crippen LogP contribution in [0.25, 0.3) is 5.65 Å². The Morgan fingerprint density at radius 2 is 2.10 bits per heavy atom. The molecule has 0 amide bonds. The smallest absolute Gasteiger partial charge is 0.203 e. The fourth-order valence-electron chi connectivity index (χ4n) is 3.03. The minimum atomic E-state index is -0.0121. The topological polar surface area (TPSA) is 75.3 Å². The maximum absolute atomic E-state index is 9.74. The number of rotatable bonds is 4. The third-order valence-electron chi connectivity index (χ3n) is 4.38. The van der Waals surface area contributed by atoms with E-state index in [1.807, 2.05) is 17.5 Å². The average molecular weight is 275 g/mol. The molecule has 0 spiro atoms. The largest absolute Gasteiger partial charge is 0.396 e. The van der Waals surface area contributed by atoms with Crippen molar-refractivity contribution in [2.75, 3.05) is 18.5 Å². The zero-order chi connectivity index (χ0) is 14.0. The van der Waals surface area contributed by atoms with Gasteiger partial charge in [0.15, 0.2) is 5.82 Å². The molecule has 2 aromatic rings. The van der Waals surface area contributed by atoms with Gasteiger partial charge in [0.25, 0.3) is 0 Å². The van der Waals surface area contributed by atoms with Gasteiger partial charge < -0.3 is 10.4 Å². The molecule has 6 heteroatoms. The second-order valence-electron chi connectivity index (χ2n) is 5.79. The van der Waals surface area contributed by atoms with E-state index in [1.165, 1.54) is 19.3 Å². The number of nitrogens with one attached hydrogen (secondary N) is 1. The lowest BCUT2D eigenvalue weighted by Crippen LogP contribution is -2.35. The molecule has 1 aliphatic rings. The van der Waals surface area contributed by atoms with Gasteiger partial charge in [-0.15, -0.1) is 10.2 Å². The van der Waals surface area contributed by atoms with Gasteiger partial charge in [0.05, 0.1) is 6.61 Å². The maximum Gasteiger partial charge on any atom is 0.203 e. The van der Waals surface area contributed by atoms with Gasteiger partial charge in [-0.3, -0.25) is 4.40 Å². The Hall–Kier alpha value is -1.69. The lowest BCUT2D eigenvalue weighted by atomic mass is 9.74. The number of nitrogens with zero attached hydrogens (tertiary/aromatic N) is 4. The standard InChI is InChI=1S/C14H21N5O/c1-11-17-18-13-12(15-7-8-19(11)13)16-9-14(10-20)5-3-2-4-6-14/h7-8,20H,2-6,9-10H2,1H3,(H,15,16). The van der Waals surface area contributed by atoms with E-state index in [9.17, 15) is 5.11 Å². The molecule has 2 heterocycles. The van der Waals surface area contributed by atoms with Crippen molar-refractivity contribution in [3.05, 3.63) is 18.2 Å². The van der Waals surface area contributed by atoms with E-state index >= 15 is 0 Å². The monoisotopic (exact) mass is 275 g/mol.